The van der Waals surface area contributed by atoms with Crippen molar-refractivity contribution in [2.45, 2.75) is 25.8 Å². The Bertz CT molecular complexity index is 459. The second-order valence-corrected chi connectivity index (χ2v) is 5.14. The number of ether oxygens (including phenoxy) is 2. The van der Waals surface area contributed by atoms with Gasteiger partial charge in [0.05, 0.1) is 20.1 Å². The highest BCUT2D eigenvalue weighted by atomic mass is 16.5. The molecule has 1 aromatic rings. The molecule has 0 aromatic heterocycles. The van der Waals surface area contributed by atoms with E-state index in [-0.39, 0.29) is 17.9 Å². The van der Waals surface area contributed by atoms with Crippen LogP contribution in [-0.2, 0) is 19.1 Å². The smallest absolute Gasteiger partial charge is 0.323 e. The molecule has 0 aliphatic rings. The van der Waals surface area contributed by atoms with E-state index in [2.05, 4.69) is 5.32 Å². The van der Waals surface area contributed by atoms with Gasteiger partial charge in [-0.25, -0.2) is 0 Å². The molecule has 1 rings (SSSR count). The quantitative estimate of drug-likeness (QED) is 0.776. The maximum Gasteiger partial charge on any atom is 0.323 e. The second-order valence-electron chi connectivity index (χ2n) is 5.14. The molecule has 0 aliphatic heterocycles. The summed E-state index contributed by atoms with van der Waals surface area (Å²) in [6.45, 7) is 4.16. The van der Waals surface area contributed by atoms with Crippen molar-refractivity contribution in [3.8, 4) is 0 Å². The van der Waals surface area contributed by atoms with Gasteiger partial charge in [0.25, 0.3) is 0 Å². The minimum Gasteiger partial charge on any atom is -0.469 e. The van der Waals surface area contributed by atoms with Crippen LogP contribution in [0.15, 0.2) is 30.3 Å². The molecule has 0 saturated carbocycles. The minimum atomic E-state index is -0.456. The Kier molecular flexibility index (Phi) is 6.88. The van der Waals surface area contributed by atoms with Crippen LogP contribution in [0.3, 0.4) is 0 Å². The molecular formula is C16H23NO4. The molecule has 0 spiro atoms. The van der Waals surface area contributed by atoms with Crippen LogP contribution < -0.4 is 5.32 Å². The lowest BCUT2D eigenvalue weighted by Gasteiger charge is -2.23. The first-order chi connectivity index (χ1) is 10.0. The van der Waals surface area contributed by atoms with Crippen molar-refractivity contribution in [3.05, 3.63) is 35.9 Å². The van der Waals surface area contributed by atoms with Crippen molar-refractivity contribution >= 4 is 11.9 Å². The number of methoxy groups -OCH3 is 2. The van der Waals surface area contributed by atoms with Crippen LogP contribution in [0.1, 0.15) is 25.3 Å². The average Bonchev–Trinajstić information content (AvgIpc) is 2.50. The van der Waals surface area contributed by atoms with E-state index >= 15 is 0 Å². The summed E-state index contributed by atoms with van der Waals surface area (Å²) in [5, 5.41) is 3.11. The zero-order valence-electron chi connectivity index (χ0n) is 13.0. The maximum atomic E-state index is 12.0. The molecule has 0 bridgehead atoms. The number of rotatable bonds is 7. The van der Waals surface area contributed by atoms with Gasteiger partial charge >= 0.3 is 11.9 Å². The molecule has 0 fully saturated rings. The van der Waals surface area contributed by atoms with E-state index in [0.717, 1.165) is 5.56 Å². The number of carbonyl (C=O) groups excluding carboxylic acids is 2. The molecule has 1 N–H and O–H groups in total. The molecule has 5 nitrogen and oxygen atoms in total. The van der Waals surface area contributed by atoms with Crippen LogP contribution in [0.2, 0.25) is 0 Å². The second kappa shape index (κ2) is 8.42. The monoisotopic (exact) mass is 293 g/mol. The Morgan fingerprint density at radius 3 is 2.10 bits per heavy atom. The predicted octanol–water partition coefficient (Wildman–Crippen LogP) is 1.73. The van der Waals surface area contributed by atoms with Crippen LogP contribution in [-0.4, -0.2) is 38.7 Å². The van der Waals surface area contributed by atoms with Crippen LogP contribution >= 0.6 is 0 Å². The lowest BCUT2D eigenvalue weighted by Crippen LogP contribution is -2.44. The molecule has 5 heteroatoms. The third-order valence-electron chi connectivity index (χ3n) is 3.35. The fourth-order valence-electron chi connectivity index (χ4n) is 2.13. The fraction of sp³-hybridized carbons (Fsp3) is 0.500. The highest BCUT2D eigenvalue weighted by Gasteiger charge is 2.27. The van der Waals surface area contributed by atoms with Crippen molar-refractivity contribution in [1.29, 1.82) is 0 Å². The Morgan fingerprint density at radius 2 is 1.62 bits per heavy atom. The van der Waals surface area contributed by atoms with Crippen LogP contribution in [0.25, 0.3) is 0 Å². The van der Waals surface area contributed by atoms with Crippen molar-refractivity contribution < 1.29 is 19.1 Å². The molecule has 2 atom stereocenters. The summed E-state index contributed by atoms with van der Waals surface area (Å²) in [6.07, 6.45) is 0. The standard InChI is InChI=1S/C16H23NO4/c1-11(2)14(16(19)21-4)17-10-13(15(18)20-3)12-8-6-5-7-9-12/h5-9,11,13-14,17H,10H2,1-4H3. The van der Waals surface area contributed by atoms with Gasteiger partial charge in [0.1, 0.15) is 6.04 Å². The maximum absolute atomic E-state index is 12.0. The Labute approximate surface area is 125 Å². The summed E-state index contributed by atoms with van der Waals surface area (Å²) >= 11 is 0. The van der Waals surface area contributed by atoms with Gasteiger partial charge in [-0.1, -0.05) is 44.2 Å². The first kappa shape index (κ1) is 17.2. The summed E-state index contributed by atoms with van der Waals surface area (Å²) in [7, 11) is 2.72. The van der Waals surface area contributed by atoms with E-state index in [9.17, 15) is 9.59 Å². The van der Waals surface area contributed by atoms with Gasteiger partial charge in [-0.15, -0.1) is 0 Å². The van der Waals surface area contributed by atoms with Gasteiger partial charge in [0.2, 0.25) is 0 Å². The molecular weight excluding hydrogens is 270 g/mol. The Morgan fingerprint density at radius 1 is 1.05 bits per heavy atom. The number of hydrogen-bond donors (Lipinski definition) is 1. The first-order valence-electron chi connectivity index (χ1n) is 6.95. The number of hydrogen-bond acceptors (Lipinski definition) is 5. The van der Waals surface area contributed by atoms with Crippen molar-refractivity contribution in [2.24, 2.45) is 5.92 Å². The number of nitrogens with one attached hydrogen (secondary N) is 1. The van der Waals surface area contributed by atoms with Crippen LogP contribution in [0.5, 0.6) is 0 Å². The lowest BCUT2D eigenvalue weighted by molar-refractivity contribution is -0.146. The largest absolute Gasteiger partial charge is 0.469 e. The molecule has 116 valence electrons. The molecule has 0 amide bonds. The Balaban J connectivity index is 2.83. The SMILES string of the molecule is COC(=O)C(CNC(C(=O)OC)C(C)C)c1ccccc1. The molecule has 0 radical (unpaired) electrons. The van der Waals surface area contributed by atoms with E-state index in [1.165, 1.54) is 14.2 Å². The van der Waals surface area contributed by atoms with Gasteiger partial charge < -0.3 is 14.8 Å². The highest BCUT2D eigenvalue weighted by Crippen LogP contribution is 2.17. The summed E-state index contributed by atoms with van der Waals surface area (Å²) in [4.78, 5) is 23.7. The van der Waals surface area contributed by atoms with Crippen molar-refractivity contribution in [2.75, 3.05) is 20.8 Å². The van der Waals surface area contributed by atoms with Crippen molar-refractivity contribution in [3.63, 3.8) is 0 Å². The number of benzene rings is 1. The third-order valence-corrected chi connectivity index (χ3v) is 3.35. The van der Waals surface area contributed by atoms with E-state index in [0.29, 0.717) is 6.54 Å². The van der Waals surface area contributed by atoms with E-state index < -0.39 is 12.0 Å². The molecule has 2 unspecified atom stereocenters. The van der Waals surface area contributed by atoms with Crippen molar-refractivity contribution in [1.82, 2.24) is 5.32 Å². The fourth-order valence-corrected chi connectivity index (χ4v) is 2.13. The zero-order chi connectivity index (χ0) is 15.8. The van der Waals surface area contributed by atoms with Gasteiger partial charge in [0.15, 0.2) is 0 Å². The topological polar surface area (TPSA) is 64.6 Å². The van der Waals surface area contributed by atoms with Gasteiger partial charge in [-0.2, -0.15) is 0 Å². The number of esters is 2. The normalized spacial score (nSPS) is 13.6. The molecule has 0 heterocycles. The Hall–Kier alpha value is -1.88. The van der Waals surface area contributed by atoms with Crippen LogP contribution in [0, 0.1) is 5.92 Å². The van der Waals surface area contributed by atoms with Crippen LogP contribution in [0.4, 0.5) is 0 Å². The minimum absolute atomic E-state index is 0.0616. The average molecular weight is 293 g/mol. The lowest BCUT2D eigenvalue weighted by atomic mass is 9.97. The zero-order valence-corrected chi connectivity index (χ0v) is 13.0. The van der Waals surface area contributed by atoms with E-state index in [4.69, 9.17) is 9.47 Å². The third kappa shape index (κ3) is 4.86. The number of carbonyl (C=O) groups is 2. The summed E-state index contributed by atoms with van der Waals surface area (Å²) in [5.74, 6) is -1.06. The summed E-state index contributed by atoms with van der Waals surface area (Å²) in [5.41, 5.74) is 0.851. The van der Waals surface area contributed by atoms with Gasteiger partial charge in [-0.3, -0.25) is 9.59 Å². The first-order valence-corrected chi connectivity index (χ1v) is 6.95. The summed E-state index contributed by atoms with van der Waals surface area (Å²) in [6, 6.07) is 8.90. The van der Waals surface area contributed by atoms with E-state index in [1.807, 2.05) is 44.2 Å². The predicted molar refractivity (Wildman–Crippen MR) is 79.8 cm³/mol. The molecule has 0 saturated heterocycles. The summed E-state index contributed by atoms with van der Waals surface area (Å²) < 4.78 is 9.63. The van der Waals surface area contributed by atoms with Gasteiger partial charge in [0, 0.05) is 6.54 Å². The molecule has 1 aromatic carbocycles. The molecule has 21 heavy (non-hydrogen) atoms. The molecule has 0 aliphatic carbocycles. The van der Waals surface area contributed by atoms with E-state index in [1.54, 1.807) is 0 Å². The highest BCUT2D eigenvalue weighted by molar-refractivity contribution is 5.79. The van der Waals surface area contributed by atoms with Gasteiger partial charge in [-0.05, 0) is 11.5 Å².